The van der Waals surface area contributed by atoms with Crippen molar-refractivity contribution in [1.29, 1.82) is 0 Å². The predicted octanol–water partition coefficient (Wildman–Crippen LogP) is 0.843. The quantitative estimate of drug-likeness (QED) is 0.759. The molecular weight excluding hydrogens is 338 g/mol. The van der Waals surface area contributed by atoms with Crippen molar-refractivity contribution in [2.24, 2.45) is 0 Å². The van der Waals surface area contributed by atoms with Gasteiger partial charge < -0.3 is 5.32 Å². The molecule has 128 valence electrons. The Bertz CT molecular complexity index is 854. The van der Waals surface area contributed by atoms with Crippen molar-refractivity contribution in [2.75, 3.05) is 18.1 Å². The van der Waals surface area contributed by atoms with Crippen molar-refractivity contribution in [2.45, 2.75) is 39.2 Å². The van der Waals surface area contributed by atoms with E-state index in [1.165, 1.54) is 21.9 Å². The average Bonchev–Trinajstić information content (AvgIpc) is 2.78. The minimum Gasteiger partial charge on any atom is -0.358 e. The van der Waals surface area contributed by atoms with E-state index in [4.69, 9.17) is 0 Å². The number of nitrogens with one attached hydrogen (secondary N) is 2. The molecule has 0 atom stereocenters. The molecule has 2 aromatic rings. The largest absolute Gasteiger partial charge is 0.358 e. The third kappa shape index (κ3) is 4.98. The van der Waals surface area contributed by atoms with Crippen LogP contribution in [0.2, 0.25) is 0 Å². The molecule has 2 rings (SSSR count). The fourth-order valence-corrected chi connectivity index (χ4v) is 4.04. The molecule has 2 N–H and O–H groups in total. The lowest BCUT2D eigenvalue weighted by atomic mass is 10.1. The van der Waals surface area contributed by atoms with Gasteiger partial charge in [-0.3, -0.25) is 4.79 Å². The van der Waals surface area contributed by atoms with E-state index in [2.05, 4.69) is 20.1 Å². The highest BCUT2D eigenvalue weighted by Gasteiger charge is 2.22. The number of nitrogens with zero attached hydrogens (tertiary/aromatic N) is 3. The van der Waals surface area contributed by atoms with Gasteiger partial charge in [-0.15, -0.1) is 5.10 Å². The van der Waals surface area contributed by atoms with Gasteiger partial charge in [0.1, 0.15) is 0 Å². The molecule has 23 heavy (non-hydrogen) atoms. The smallest absolute Gasteiger partial charge is 0.275 e. The molecule has 0 aliphatic heterocycles. The maximum absolute atomic E-state index is 12.0. The minimum absolute atomic E-state index is 0.212. The Hall–Kier alpha value is -1.52. The van der Waals surface area contributed by atoms with Gasteiger partial charge >= 0.3 is 0 Å². The zero-order chi connectivity index (χ0) is 17.3. The zero-order valence-electron chi connectivity index (χ0n) is 13.6. The highest BCUT2D eigenvalue weighted by atomic mass is 32.2. The van der Waals surface area contributed by atoms with Crippen LogP contribution in [0.4, 0.5) is 5.13 Å². The molecular formula is C13H21N5O3S2. The Morgan fingerprint density at radius 1 is 1.39 bits per heavy atom. The maximum Gasteiger partial charge on any atom is 0.275 e. The van der Waals surface area contributed by atoms with Crippen LogP contribution in [0.5, 0.6) is 0 Å². The Labute approximate surface area is 139 Å². The van der Waals surface area contributed by atoms with Crippen LogP contribution in [0, 0.1) is 0 Å². The number of rotatable bonds is 7. The van der Waals surface area contributed by atoms with Gasteiger partial charge in [-0.1, -0.05) is 24.7 Å². The number of aromatic nitrogens is 3. The summed E-state index contributed by atoms with van der Waals surface area (Å²) in [6.07, 6.45) is 2.78. The van der Waals surface area contributed by atoms with E-state index >= 15 is 0 Å². The number of hydrogen-bond acceptors (Lipinski definition) is 7. The fourth-order valence-electron chi connectivity index (χ4n) is 2.15. The van der Waals surface area contributed by atoms with E-state index in [0.29, 0.717) is 16.6 Å². The van der Waals surface area contributed by atoms with Crippen LogP contribution in [-0.2, 0) is 16.4 Å². The molecule has 2 aromatic heterocycles. The summed E-state index contributed by atoms with van der Waals surface area (Å²) in [5, 5.41) is 7.76. The minimum atomic E-state index is -3.30. The summed E-state index contributed by atoms with van der Waals surface area (Å²) < 4.78 is 26.5. The number of sulfonamides is 1. The fraction of sp³-hybridized carbons (Fsp3) is 0.615. The lowest BCUT2D eigenvalue weighted by Gasteiger charge is -2.24. The molecule has 0 spiro atoms. The molecule has 0 radical (unpaired) electrons. The van der Waals surface area contributed by atoms with Gasteiger partial charge in [-0.05, 0) is 20.3 Å². The molecule has 0 bridgehead atoms. The number of hydrogen-bond donors (Lipinski definition) is 2. The molecule has 0 saturated carbocycles. The number of anilines is 1. The molecule has 0 amide bonds. The third-order valence-electron chi connectivity index (χ3n) is 2.95. The van der Waals surface area contributed by atoms with Crippen LogP contribution in [0.15, 0.2) is 10.9 Å². The van der Waals surface area contributed by atoms with E-state index < -0.39 is 15.6 Å². The van der Waals surface area contributed by atoms with Gasteiger partial charge in [0.05, 0.1) is 6.26 Å². The Kier molecular flexibility index (Phi) is 5.07. The topological polar surface area (TPSA) is 105 Å². The van der Waals surface area contributed by atoms with Crippen molar-refractivity contribution in [3.63, 3.8) is 0 Å². The van der Waals surface area contributed by atoms with Gasteiger partial charge in [-0.25, -0.2) is 18.1 Å². The maximum atomic E-state index is 12.0. The van der Waals surface area contributed by atoms with Gasteiger partial charge in [0.2, 0.25) is 20.1 Å². The number of fused-ring (bicyclic) bond motifs is 1. The lowest BCUT2D eigenvalue weighted by Crippen LogP contribution is -2.47. The Morgan fingerprint density at radius 3 is 2.70 bits per heavy atom. The summed E-state index contributed by atoms with van der Waals surface area (Å²) in [4.78, 5) is 17.0. The molecule has 0 saturated heterocycles. The first-order chi connectivity index (χ1) is 10.6. The van der Waals surface area contributed by atoms with Crippen molar-refractivity contribution in [3.8, 4) is 0 Å². The molecule has 0 fully saturated rings. The molecule has 10 heteroatoms. The molecule has 0 aliphatic carbocycles. The highest BCUT2D eigenvalue weighted by molar-refractivity contribution is 7.88. The SMILES string of the molecule is CCCc1cc(=O)n2nc(NCC(C)(C)NS(C)(=O)=O)sc2n1. The van der Waals surface area contributed by atoms with Crippen molar-refractivity contribution < 1.29 is 8.42 Å². The third-order valence-corrected chi connectivity index (χ3v) is 4.74. The summed E-state index contributed by atoms with van der Waals surface area (Å²) in [6, 6.07) is 1.50. The lowest BCUT2D eigenvalue weighted by molar-refractivity contribution is 0.476. The van der Waals surface area contributed by atoms with Gasteiger partial charge in [0.25, 0.3) is 5.56 Å². The van der Waals surface area contributed by atoms with Gasteiger partial charge in [0.15, 0.2) is 0 Å². The second kappa shape index (κ2) is 6.54. The monoisotopic (exact) mass is 359 g/mol. The molecule has 0 aliphatic rings. The van der Waals surface area contributed by atoms with E-state index in [1.807, 2.05) is 6.92 Å². The van der Waals surface area contributed by atoms with E-state index in [1.54, 1.807) is 13.8 Å². The van der Waals surface area contributed by atoms with Crippen LogP contribution in [0.25, 0.3) is 4.96 Å². The predicted molar refractivity (Wildman–Crippen MR) is 91.7 cm³/mol. The molecule has 2 heterocycles. The van der Waals surface area contributed by atoms with Crippen LogP contribution in [0.1, 0.15) is 32.9 Å². The van der Waals surface area contributed by atoms with Crippen molar-refractivity contribution in [3.05, 3.63) is 22.1 Å². The van der Waals surface area contributed by atoms with Gasteiger partial charge in [0, 0.05) is 23.8 Å². The van der Waals surface area contributed by atoms with Gasteiger partial charge in [-0.2, -0.15) is 4.52 Å². The average molecular weight is 359 g/mol. The van der Waals surface area contributed by atoms with Crippen LogP contribution >= 0.6 is 11.3 Å². The Morgan fingerprint density at radius 2 is 2.09 bits per heavy atom. The van der Waals surface area contributed by atoms with E-state index in [0.717, 1.165) is 24.8 Å². The summed E-state index contributed by atoms with van der Waals surface area (Å²) in [7, 11) is -3.30. The highest BCUT2D eigenvalue weighted by Crippen LogP contribution is 2.18. The van der Waals surface area contributed by atoms with E-state index in [9.17, 15) is 13.2 Å². The molecule has 0 unspecified atom stereocenters. The number of aryl methyl sites for hydroxylation is 1. The summed E-state index contributed by atoms with van der Waals surface area (Å²) in [6.45, 7) is 5.88. The normalized spacial score (nSPS) is 12.7. The second-order valence-electron chi connectivity index (χ2n) is 6.05. The summed E-state index contributed by atoms with van der Waals surface area (Å²) in [5.41, 5.74) is -0.139. The summed E-state index contributed by atoms with van der Waals surface area (Å²) in [5.74, 6) is 0. The first-order valence-electron chi connectivity index (χ1n) is 7.22. The van der Waals surface area contributed by atoms with Crippen LogP contribution < -0.4 is 15.6 Å². The van der Waals surface area contributed by atoms with Crippen LogP contribution in [-0.4, -0.2) is 41.4 Å². The zero-order valence-corrected chi connectivity index (χ0v) is 15.2. The first kappa shape index (κ1) is 17.8. The molecule has 0 aromatic carbocycles. The standard InChI is InChI=1S/C13H21N5O3S2/c1-5-6-9-7-10(19)18-12(15-9)22-11(16-18)14-8-13(2,3)17-23(4,20)21/h7,17H,5-6,8H2,1-4H3,(H,14,16). The first-order valence-corrected chi connectivity index (χ1v) is 9.93. The van der Waals surface area contributed by atoms with Crippen molar-refractivity contribution >= 4 is 31.5 Å². The van der Waals surface area contributed by atoms with Crippen LogP contribution in [0.3, 0.4) is 0 Å². The summed E-state index contributed by atoms with van der Waals surface area (Å²) >= 11 is 1.26. The molecule has 8 nitrogen and oxygen atoms in total. The second-order valence-corrected chi connectivity index (χ2v) is 8.75. The Balaban J connectivity index is 2.18. The van der Waals surface area contributed by atoms with Crippen molar-refractivity contribution in [1.82, 2.24) is 19.3 Å². The van der Waals surface area contributed by atoms with E-state index in [-0.39, 0.29) is 5.56 Å².